The molecule has 0 amide bonds. The van der Waals surface area contributed by atoms with E-state index in [1.54, 1.807) is 12.1 Å². The molecule has 3 aliphatic rings. The Balaban J connectivity index is 0.000000266. The quantitative estimate of drug-likeness (QED) is 0.179. The molecule has 0 heterocycles. The van der Waals surface area contributed by atoms with Gasteiger partial charge in [0.2, 0.25) is 0 Å². The lowest BCUT2D eigenvalue weighted by molar-refractivity contribution is -0.186. The number of benzene rings is 1. The van der Waals surface area contributed by atoms with Crippen molar-refractivity contribution in [3.05, 3.63) is 29.8 Å². The Morgan fingerprint density at radius 1 is 0.688 bits per heavy atom. The van der Waals surface area contributed by atoms with E-state index < -0.39 is 46.4 Å². The predicted molar refractivity (Wildman–Crippen MR) is 158 cm³/mol. The van der Waals surface area contributed by atoms with Gasteiger partial charge in [0.05, 0.1) is 42.3 Å². The Morgan fingerprint density at radius 2 is 1.06 bits per heavy atom. The topological polar surface area (TPSA) is 89.9 Å². The van der Waals surface area contributed by atoms with Gasteiger partial charge in [-0.25, -0.2) is 0 Å². The summed E-state index contributed by atoms with van der Waals surface area (Å²) < 4.78 is 144. The summed E-state index contributed by atoms with van der Waals surface area (Å²) in [4.78, 5) is 11.1. The average Bonchev–Trinajstić information content (AvgIpc) is 3.03. The van der Waals surface area contributed by atoms with Gasteiger partial charge in [-0.2, -0.15) is 47.9 Å². The van der Waals surface area contributed by atoms with E-state index in [4.69, 9.17) is 9.29 Å². The standard InChI is InChI=1S/C15H19F3O3S.C9H13F3O2.C8H13F3O/c1-11-2-8-14(9-3-11)22(19,20)21-10-12-4-6-13(7-5-12)15(16,17)18;1-14-8(13)6-2-4-7(5-3-6)9(10,11)12;9-8(10,11)7-3-1-6(5-12)2-4-7/h2-3,8-9,12-13H,4-7,10H2,1H3;6-7H,2-5H2,1H3;6-7,12H,1-5H2. The minimum atomic E-state index is -4.15. The van der Waals surface area contributed by atoms with E-state index in [0.29, 0.717) is 25.7 Å². The molecule has 4 rings (SSSR count). The van der Waals surface area contributed by atoms with E-state index in [0.717, 1.165) is 5.56 Å². The van der Waals surface area contributed by atoms with Crippen molar-refractivity contribution >= 4 is 16.1 Å². The van der Waals surface area contributed by atoms with Crippen LogP contribution < -0.4 is 0 Å². The number of methoxy groups -OCH3 is 1. The minimum absolute atomic E-state index is 0.0323. The van der Waals surface area contributed by atoms with Gasteiger partial charge in [0, 0.05) is 6.61 Å². The normalized spacial score (nSPS) is 27.1. The average molecular weight is 729 g/mol. The van der Waals surface area contributed by atoms with Crippen LogP contribution in [0.25, 0.3) is 0 Å². The smallest absolute Gasteiger partial charge is 0.391 e. The maximum absolute atomic E-state index is 12.6. The van der Waals surface area contributed by atoms with Gasteiger partial charge in [-0.05, 0) is 108 Å². The highest BCUT2D eigenvalue weighted by Gasteiger charge is 2.43. The third kappa shape index (κ3) is 14.0. The minimum Gasteiger partial charge on any atom is -0.469 e. The zero-order valence-corrected chi connectivity index (χ0v) is 27.8. The third-order valence-corrected chi connectivity index (χ3v) is 10.7. The van der Waals surface area contributed by atoms with E-state index in [2.05, 4.69) is 4.74 Å². The van der Waals surface area contributed by atoms with Crippen molar-refractivity contribution < 1.29 is 66.8 Å². The molecule has 0 aliphatic heterocycles. The molecule has 1 N–H and O–H groups in total. The number of ether oxygens (including phenoxy) is 1. The highest BCUT2D eigenvalue weighted by Crippen LogP contribution is 2.41. The van der Waals surface area contributed by atoms with E-state index in [9.17, 15) is 52.7 Å². The van der Waals surface area contributed by atoms with Gasteiger partial charge in [0.25, 0.3) is 10.1 Å². The van der Waals surface area contributed by atoms with Gasteiger partial charge < -0.3 is 9.84 Å². The van der Waals surface area contributed by atoms with Crippen LogP contribution in [-0.2, 0) is 23.8 Å². The molecule has 1 aromatic carbocycles. The number of halogens is 9. The Morgan fingerprint density at radius 3 is 1.42 bits per heavy atom. The zero-order chi connectivity index (χ0) is 36.3. The van der Waals surface area contributed by atoms with Gasteiger partial charge in [-0.1, -0.05) is 17.7 Å². The van der Waals surface area contributed by atoms with E-state index in [-0.39, 0.29) is 93.2 Å². The fourth-order valence-corrected chi connectivity index (χ4v) is 7.09. The Kier molecular flexibility index (Phi) is 16.0. The highest BCUT2D eigenvalue weighted by atomic mass is 32.2. The molecule has 0 spiro atoms. The molecule has 0 saturated heterocycles. The van der Waals surface area contributed by atoms with Gasteiger partial charge in [-0.3, -0.25) is 8.98 Å². The van der Waals surface area contributed by atoms with Crippen LogP contribution in [0.5, 0.6) is 0 Å². The Labute approximate surface area is 275 Å². The number of carbonyl (C=O) groups is 1. The summed E-state index contributed by atoms with van der Waals surface area (Å²) in [5, 5.41) is 8.70. The lowest BCUT2D eigenvalue weighted by Crippen LogP contribution is -2.30. The molecule has 6 nitrogen and oxygen atoms in total. The molecule has 0 radical (unpaired) electrons. The van der Waals surface area contributed by atoms with Crippen molar-refractivity contribution in [2.45, 2.75) is 107 Å². The van der Waals surface area contributed by atoms with Gasteiger partial charge in [-0.15, -0.1) is 0 Å². The van der Waals surface area contributed by atoms with Gasteiger partial charge in [0.1, 0.15) is 0 Å². The van der Waals surface area contributed by atoms with E-state index >= 15 is 0 Å². The predicted octanol–water partition coefficient (Wildman–Crippen LogP) is 8.94. The van der Waals surface area contributed by atoms with Crippen molar-refractivity contribution in [2.75, 3.05) is 20.3 Å². The van der Waals surface area contributed by atoms with Gasteiger partial charge >= 0.3 is 24.5 Å². The lowest BCUT2D eigenvalue weighted by Gasteiger charge is -2.29. The zero-order valence-electron chi connectivity index (χ0n) is 27.0. The summed E-state index contributed by atoms with van der Waals surface area (Å²) in [7, 11) is -2.58. The molecule has 0 aromatic heterocycles. The molecule has 278 valence electrons. The van der Waals surface area contributed by atoms with Crippen LogP contribution in [0.4, 0.5) is 39.5 Å². The van der Waals surface area contributed by atoms with Crippen LogP contribution in [0, 0.1) is 42.4 Å². The van der Waals surface area contributed by atoms with Crippen LogP contribution in [0.3, 0.4) is 0 Å². The van der Waals surface area contributed by atoms with Crippen LogP contribution in [0.2, 0.25) is 0 Å². The first-order valence-corrected chi connectivity index (χ1v) is 17.4. The second-order valence-corrected chi connectivity index (χ2v) is 14.5. The molecule has 3 saturated carbocycles. The fourth-order valence-electron chi connectivity index (χ4n) is 6.11. The summed E-state index contributed by atoms with van der Waals surface area (Å²) in [5.74, 6) is -4.38. The number of alkyl halides is 9. The van der Waals surface area contributed by atoms with Crippen LogP contribution in [-0.4, -0.2) is 58.3 Å². The Bertz CT molecular complexity index is 1190. The summed E-state index contributed by atoms with van der Waals surface area (Å²) in [5.41, 5.74) is 0.935. The highest BCUT2D eigenvalue weighted by molar-refractivity contribution is 7.86. The first-order chi connectivity index (χ1) is 22.2. The third-order valence-electron chi connectivity index (χ3n) is 9.37. The largest absolute Gasteiger partial charge is 0.469 e. The van der Waals surface area contributed by atoms with Crippen molar-refractivity contribution in [1.29, 1.82) is 0 Å². The molecule has 3 fully saturated rings. The van der Waals surface area contributed by atoms with Crippen molar-refractivity contribution in [3.8, 4) is 0 Å². The van der Waals surface area contributed by atoms with Crippen LogP contribution in [0.15, 0.2) is 29.2 Å². The maximum atomic E-state index is 12.6. The monoisotopic (exact) mass is 728 g/mol. The number of hydrogen-bond donors (Lipinski definition) is 1. The fraction of sp³-hybridized carbons (Fsp3) is 0.781. The summed E-state index contributed by atoms with van der Waals surface area (Å²) in [6.07, 6.45) is -9.45. The number of hydrogen-bond acceptors (Lipinski definition) is 6. The summed E-state index contributed by atoms with van der Waals surface area (Å²) in [6.45, 7) is 1.82. The van der Waals surface area contributed by atoms with Crippen molar-refractivity contribution in [1.82, 2.24) is 0 Å². The molecule has 3 aliphatic carbocycles. The summed E-state index contributed by atoms with van der Waals surface area (Å²) >= 11 is 0. The van der Waals surface area contributed by atoms with Crippen molar-refractivity contribution in [3.63, 3.8) is 0 Å². The molecular formula is C32H45F9O6S. The summed E-state index contributed by atoms with van der Waals surface area (Å²) in [6, 6.07) is 6.27. The molecule has 48 heavy (non-hydrogen) atoms. The number of aryl methyl sites for hydroxylation is 1. The lowest BCUT2D eigenvalue weighted by atomic mass is 9.82. The number of rotatable bonds is 6. The molecule has 16 heteroatoms. The number of aliphatic hydroxyl groups excluding tert-OH is 1. The number of esters is 1. The molecule has 0 unspecified atom stereocenters. The van der Waals surface area contributed by atoms with E-state index in [1.807, 2.05) is 6.92 Å². The molecular weight excluding hydrogens is 683 g/mol. The van der Waals surface area contributed by atoms with Crippen LogP contribution in [0.1, 0.15) is 82.6 Å². The second-order valence-electron chi connectivity index (χ2n) is 12.9. The Hall–Kier alpha value is -2.07. The number of aliphatic hydroxyl groups is 1. The number of carbonyl (C=O) groups excluding carboxylic acids is 1. The second kappa shape index (κ2) is 18.2. The first kappa shape index (κ1) is 42.1. The van der Waals surface area contributed by atoms with Crippen molar-refractivity contribution in [2.24, 2.45) is 35.5 Å². The maximum Gasteiger partial charge on any atom is 0.391 e. The molecule has 0 bridgehead atoms. The van der Waals surface area contributed by atoms with Gasteiger partial charge in [0.15, 0.2) is 0 Å². The van der Waals surface area contributed by atoms with E-state index in [1.165, 1.54) is 19.2 Å². The molecule has 0 atom stereocenters. The first-order valence-electron chi connectivity index (χ1n) is 16.0. The van der Waals surface area contributed by atoms with Crippen LogP contribution >= 0.6 is 0 Å². The molecule has 1 aromatic rings. The SMILES string of the molecule is COC(=O)C1CCC(C(F)(F)F)CC1.Cc1ccc(S(=O)(=O)OCC2CCC(C(F)(F)F)CC2)cc1.OCC1CCC(C(F)(F)F)CC1.